The Bertz CT molecular complexity index is 844. The number of carbonyl (C=O) groups excluding carboxylic acids is 1. The standard InChI is InChI=1S/C18H25N3O3S/c1-25(23,24)20-10-9-15-6-4-5-11-21(15)18(22)12-14-13-19-17-8-3-2-7-16(14)17/h2-3,7-8,13,15,19-20H,4-6,9-12H2,1H3. The molecule has 6 nitrogen and oxygen atoms in total. The van der Waals surface area contributed by atoms with Gasteiger partial charge in [-0.1, -0.05) is 18.2 Å². The molecule has 2 aromatic rings. The van der Waals surface area contributed by atoms with E-state index in [1.165, 1.54) is 0 Å². The second kappa shape index (κ2) is 7.58. The first-order valence-electron chi connectivity index (χ1n) is 8.73. The number of H-pyrrole nitrogens is 1. The molecule has 136 valence electrons. The van der Waals surface area contributed by atoms with E-state index in [1.807, 2.05) is 35.4 Å². The van der Waals surface area contributed by atoms with Crippen molar-refractivity contribution >= 4 is 26.8 Å². The molecule has 25 heavy (non-hydrogen) atoms. The molecule has 0 saturated carbocycles. The van der Waals surface area contributed by atoms with Gasteiger partial charge in [0, 0.05) is 36.2 Å². The molecule has 1 aromatic carbocycles. The molecule has 1 fully saturated rings. The minimum Gasteiger partial charge on any atom is -0.361 e. The molecule has 7 heteroatoms. The second-order valence-electron chi connectivity index (χ2n) is 6.73. The molecular formula is C18H25N3O3S. The van der Waals surface area contributed by atoms with Crippen LogP contribution in [0.15, 0.2) is 30.5 Å². The molecule has 1 aliphatic heterocycles. The van der Waals surface area contributed by atoms with Gasteiger partial charge in [-0.05, 0) is 37.3 Å². The summed E-state index contributed by atoms with van der Waals surface area (Å²) in [5, 5.41) is 1.09. The van der Waals surface area contributed by atoms with E-state index >= 15 is 0 Å². The number of sulfonamides is 1. The SMILES string of the molecule is CS(=O)(=O)NCCC1CCCCN1C(=O)Cc1c[nH]c2ccccc12. The van der Waals surface area contributed by atoms with Gasteiger partial charge in [0.05, 0.1) is 12.7 Å². The number of rotatable bonds is 6. The Morgan fingerprint density at radius 3 is 2.92 bits per heavy atom. The van der Waals surface area contributed by atoms with Crippen molar-refractivity contribution in [1.82, 2.24) is 14.6 Å². The zero-order valence-corrected chi connectivity index (χ0v) is 15.3. The lowest BCUT2D eigenvalue weighted by Crippen LogP contribution is -2.45. The minimum atomic E-state index is -3.19. The van der Waals surface area contributed by atoms with E-state index in [1.54, 1.807) is 0 Å². The number of carbonyl (C=O) groups is 1. The number of para-hydroxylation sites is 1. The molecule has 0 spiro atoms. The maximum absolute atomic E-state index is 12.9. The van der Waals surface area contributed by atoms with Crippen molar-refractivity contribution in [3.05, 3.63) is 36.0 Å². The molecule has 3 rings (SSSR count). The van der Waals surface area contributed by atoms with Crippen LogP contribution in [-0.2, 0) is 21.2 Å². The highest BCUT2D eigenvalue weighted by atomic mass is 32.2. The fourth-order valence-electron chi connectivity index (χ4n) is 3.58. The van der Waals surface area contributed by atoms with Crippen LogP contribution in [0.3, 0.4) is 0 Å². The fourth-order valence-corrected chi connectivity index (χ4v) is 4.07. The third kappa shape index (κ3) is 4.61. The first kappa shape index (κ1) is 17.9. The second-order valence-corrected chi connectivity index (χ2v) is 8.56. The van der Waals surface area contributed by atoms with E-state index < -0.39 is 10.0 Å². The van der Waals surface area contributed by atoms with E-state index in [0.717, 1.165) is 48.5 Å². The van der Waals surface area contributed by atoms with Gasteiger partial charge < -0.3 is 9.88 Å². The number of amides is 1. The van der Waals surface area contributed by atoms with Crippen LogP contribution in [0.1, 0.15) is 31.2 Å². The average molecular weight is 363 g/mol. The molecule has 1 aliphatic rings. The van der Waals surface area contributed by atoms with Gasteiger partial charge in [0.15, 0.2) is 0 Å². The lowest BCUT2D eigenvalue weighted by Gasteiger charge is -2.36. The largest absolute Gasteiger partial charge is 0.361 e. The summed E-state index contributed by atoms with van der Waals surface area (Å²) >= 11 is 0. The summed E-state index contributed by atoms with van der Waals surface area (Å²) in [6.45, 7) is 1.13. The van der Waals surface area contributed by atoms with Crippen LogP contribution in [0.25, 0.3) is 10.9 Å². The Kier molecular flexibility index (Phi) is 5.44. The molecule has 0 aliphatic carbocycles. The summed E-state index contributed by atoms with van der Waals surface area (Å²) in [6, 6.07) is 8.09. The maximum atomic E-state index is 12.9. The van der Waals surface area contributed by atoms with Gasteiger partial charge in [0.2, 0.25) is 15.9 Å². The predicted molar refractivity (Wildman–Crippen MR) is 98.8 cm³/mol. The lowest BCUT2D eigenvalue weighted by molar-refractivity contribution is -0.134. The van der Waals surface area contributed by atoms with Crippen LogP contribution in [-0.4, -0.2) is 49.6 Å². The van der Waals surface area contributed by atoms with Gasteiger partial charge in [0.25, 0.3) is 0 Å². The topological polar surface area (TPSA) is 82.3 Å². The van der Waals surface area contributed by atoms with E-state index in [-0.39, 0.29) is 11.9 Å². The van der Waals surface area contributed by atoms with Crippen molar-refractivity contribution in [3.8, 4) is 0 Å². The van der Waals surface area contributed by atoms with Gasteiger partial charge in [-0.15, -0.1) is 0 Å². The number of benzene rings is 1. The zero-order valence-electron chi connectivity index (χ0n) is 14.5. The maximum Gasteiger partial charge on any atom is 0.227 e. The highest BCUT2D eigenvalue weighted by molar-refractivity contribution is 7.88. The summed E-state index contributed by atoms with van der Waals surface area (Å²) in [4.78, 5) is 18.0. The Morgan fingerprint density at radius 2 is 2.12 bits per heavy atom. The molecule has 1 aromatic heterocycles. The summed E-state index contributed by atoms with van der Waals surface area (Å²) in [6.07, 6.45) is 7.13. The van der Waals surface area contributed by atoms with E-state index in [2.05, 4.69) is 9.71 Å². The van der Waals surface area contributed by atoms with Crippen molar-refractivity contribution in [3.63, 3.8) is 0 Å². The quantitative estimate of drug-likeness (QED) is 0.824. The number of piperidine rings is 1. The third-order valence-electron chi connectivity index (χ3n) is 4.81. The van der Waals surface area contributed by atoms with Crippen LogP contribution in [0, 0.1) is 0 Å². The number of nitrogens with one attached hydrogen (secondary N) is 2. The lowest BCUT2D eigenvalue weighted by atomic mass is 9.98. The summed E-state index contributed by atoms with van der Waals surface area (Å²) in [7, 11) is -3.19. The summed E-state index contributed by atoms with van der Waals surface area (Å²) in [5.74, 6) is 0.119. The van der Waals surface area contributed by atoms with Crippen molar-refractivity contribution in [2.75, 3.05) is 19.3 Å². The molecule has 1 atom stereocenters. The summed E-state index contributed by atoms with van der Waals surface area (Å²) < 4.78 is 25.0. The number of aromatic nitrogens is 1. The molecule has 1 unspecified atom stereocenters. The molecule has 1 saturated heterocycles. The van der Waals surface area contributed by atoms with Gasteiger partial charge in [-0.2, -0.15) is 0 Å². The molecular weight excluding hydrogens is 338 g/mol. The van der Waals surface area contributed by atoms with Crippen molar-refractivity contribution in [1.29, 1.82) is 0 Å². The zero-order chi connectivity index (χ0) is 17.9. The van der Waals surface area contributed by atoms with Crippen molar-refractivity contribution in [2.24, 2.45) is 0 Å². The molecule has 0 radical (unpaired) electrons. The number of nitrogens with zero attached hydrogens (tertiary/aromatic N) is 1. The number of hydrogen-bond donors (Lipinski definition) is 2. The first-order chi connectivity index (χ1) is 11.9. The van der Waals surface area contributed by atoms with Gasteiger partial charge >= 0.3 is 0 Å². The molecule has 1 amide bonds. The molecule has 0 bridgehead atoms. The monoisotopic (exact) mass is 363 g/mol. The number of likely N-dealkylation sites (tertiary alicyclic amines) is 1. The number of aromatic amines is 1. The first-order valence-corrected chi connectivity index (χ1v) is 10.6. The number of hydrogen-bond acceptors (Lipinski definition) is 3. The van der Waals surface area contributed by atoms with Crippen LogP contribution in [0.4, 0.5) is 0 Å². The summed E-state index contributed by atoms with van der Waals surface area (Å²) in [5.41, 5.74) is 2.05. The van der Waals surface area contributed by atoms with Gasteiger partial charge in [0.1, 0.15) is 0 Å². The highest BCUT2D eigenvalue weighted by Gasteiger charge is 2.27. The average Bonchev–Trinajstić information content (AvgIpc) is 2.97. The molecule has 2 N–H and O–H groups in total. The highest BCUT2D eigenvalue weighted by Crippen LogP contribution is 2.23. The molecule has 2 heterocycles. The van der Waals surface area contributed by atoms with Gasteiger partial charge in [-0.25, -0.2) is 13.1 Å². The van der Waals surface area contributed by atoms with Crippen molar-refractivity contribution < 1.29 is 13.2 Å². The van der Waals surface area contributed by atoms with Gasteiger partial charge in [-0.3, -0.25) is 4.79 Å². The third-order valence-corrected chi connectivity index (χ3v) is 5.53. The minimum absolute atomic E-state index is 0.112. The van der Waals surface area contributed by atoms with E-state index in [0.29, 0.717) is 19.4 Å². The van der Waals surface area contributed by atoms with Crippen LogP contribution < -0.4 is 4.72 Å². The fraction of sp³-hybridized carbons (Fsp3) is 0.500. The number of fused-ring (bicyclic) bond motifs is 1. The Labute approximate surface area is 148 Å². The Hall–Kier alpha value is -1.86. The normalized spacial score (nSPS) is 18.6. The smallest absolute Gasteiger partial charge is 0.227 e. The van der Waals surface area contributed by atoms with Crippen LogP contribution in [0.5, 0.6) is 0 Å². The van der Waals surface area contributed by atoms with Crippen LogP contribution in [0.2, 0.25) is 0 Å². The Morgan fingerprint density at radius 1 is 1.32 bits per heavy atom. The van der Waals surface area contributed by atoms with Crippen LogP contribution >= 0.6 is 0 Å². The predicted octanol–water partition coefficient (Wildman–Crippen LogP) is 2.03. The van der Waals surface area contributed by atoms with E-state index in [4.69, 9.17) is 0 Å². The Balaban J connectivity index is 1.66. The van der Waals surface area contributed by atoms with Crippen molar-refractivity contribution in [2.45, 2.75) is 38.1 Å². The van der Waals surface area contributed by atoms with E-state index in [9.17, 15) is 13.2 Å².